The molecule has 2 heteroatoms. The van der Waals surface area contributed by atoms with Gasteiger partial charge in [-0.1, -0.05) is 36.5 Å². The lowest BCUT2D eigenvalue weighted by Crippen LogP contribution is -2.05. The largest absolute Gasteiger partial charge is 0.366 e. The predicted molar refractivity (Wildman–Crippen MR) is 57.9 cm³/mol. The van der Waals surface area contributed by atoms with Crippen LogP contribution >= 0.6 is 11.8 Å². The Balaban J connectivity index is 2.62. The van der Waals surface area contributed by atoms with Gasteiger partial charge in [0.05, 0.1) is 0 Å². The third kappa shape index (κ3) is 3.25. The Morgan fingerprint density at radius 3 is 2.46 bits per heavy atom. The van der Waals surface area contributed by atoms with Crippen molar-refractivity contribution in [1.82, 2.24) is 0 Å². The minimum atomic E-state index is 0.0578. The normalized spacial score (nSPS) is 12.5. The van der Waals surface area contributed by atoms with Gasteiger partial charge in [-0.25, -0.2) is 0 Å². The number of benzene rings is 1. The molecule has 0 spiro atoms. The zero-order valence-electron chi connectivity index (χ0n) is 7.99. The van der Waals surface area contributed by atoms with Crippen LogP contribution in [0.4, 0.5) is 0 Å². The highest BCUT2D eigenvalue weighted by atomic mass is 32.2. The molecule has 0 amide bonds. The van der Waals surface area contributed by atoms with Gasteiger partial charge in [-0.3, -0.25) is 0 Å². The first-order chi connectivity index (χ1) is 6.24. The number of ether oxygens (including phenoxy) is 1. The maximum absolute atomic E-state index is 5.28. The third-order valence-corrected chi connectivity index (χ3v) is 2.96. The fourth-order valence-corrected chi connectivity index (χ4v) is 1.83. The second kappa shape index (κ2) is 5.10. The molecule has 70 valence electrons. The Kier molecular flexibility index (Phi) is 4.06. The van der Waals surface area contributed by atoms with Crippen LogP contribution in [0.15, 0.2) is 47.4 Å². The van der Waals surface area contributed by atoms with Crippen LogP contribution in [0.1, 0.15) is 6.92 Å². The van der Waals surface area contributed by atoms with E-state index in [4.69, 9.17) is 4.74 Å². The Morgan fingerprint density at radius 1 is 1.38 bits per heavy atom. The lowest BCUT2D eigenvalue weighted by molar-refractivity contribution is 0.199. The van der Waals surface area contributed by atoms with Crippen molar-refractivity contribution in [2.45, 2.75) is 17.3 Å². The molecule has 0 saturated heterocycles. The lowest BCUT2D eigenvalue weighted by Gasteiger charge is -2.14. The summed E-state index contributed by atoms with van der Waals surface area (Å²) in [5, 5.41) is 0. The van der Waals surface area contributed by atoms with Crippen LogP contribution in [0.2, 0.25) is 0 Å². The zero-order valence-corrected chi connectivity index (χ0v) is 8.80. The third-order valence-electron chi connectivity index (χ3n) is 1.60. The molecule has 0 saturated carbocycles. The Labute approximate surface area is 83.8 Å². The second-order valence-electron chi connectivity index (χ2n) is 2.84. The Hall–Kier alpha value is -0.730. The molecule has 1 aromatic rings. The van der Waals surface area contributed by atoms with Crippen molar-refractivity contribution in [2.75, 3.05) is 7.11 Å². The van der Waals surface area contributed by atoms with E-state index in [1.165, 1.54) is 4.90 Å². The molecule has 1 rings (SSSR count). The summed E-state index contributed by atoms with van der Waals surface area (Å²) >= 11 is 1.68. The van der Waals surface area contributed by atoms with Gasteiger partial charge in [-0.2, -0.15) is 0 Å². The van der Waals surface area contributed by atoms with Crippen LogP contribution in [0, 0.1) is 0 Å². The number of rotatable bonds is 4. The first-order valence-electron chi connectivity index (χ1n) is 4.14. The summed E-state index contributed by atoms with van der Waals surface area (Å²) in [6, 6.07) is 10.2. The lowest BCUT2D eigenvalue weighted by atomic mass is 10.4. The van der Waals surface area contributed by atoms with Gasteiger partial charge < -0.3 is 4.74 Å². The van der Waals surface area contributed by atoms with Crippen LogP contribution < -0.4 is 0 Å². The van der Waals surface area contributed by atoms with E-state index in [1.807, 2.05) is 25.1 Å². The zero-order chi connectivity index (χ0) is 9.68. The minimum Gasteiger partial charge on any atom is -0.366 e. The van der Waals surface area contributed by atoms with Gasteiger partial charge >= 0.3 is 0 Å². The molecule has 0 aliphatic heterocycles. The summed E-state index contributed by atoms with van der Waals surface area (Å²) in [6.45, 7) is 5.85. The van der Waals surface area contributed by atoms with Gasteiger partial charge in [0.2, 0.25) is 0 Å². The van der Waals surface area contributed by atoms with Crippen molar-refractivity contribution in [1.29, 1.82) is 0 Å². The fourth-order valence-electron chi connectivity index (χ4n) is 0.973. The van der Waals surface area contributed by atoms with Crippen molar-refractivity contribution in [3.05, 3.63) is 42.5 Å². The molecule has 0 aliphatic carbocycles. The molecule has 1 atom stereocenters. The van der Waals surface area contributed by atoms with Gasteiger partial charge in [0, 0.05) is 12.0 Å². The van der Waals surface area contributed by atoms with E-state index in [-0.39, 0.29) is 5.44 Å². The Morgan fingerprint density at radius 2 is 2.00 bits per heavy atom. The summed E-state index contributed by atoms with van der Waals surface area (Å²) in [7, 11) is 1.70. The molecular weight excluding hydrogens is 180 g/mol. The molecule has 0 aromatic heterocycles. The average molecular weight is 194 g/mol. The molecular formula is C11H14OS. The van der Waals surface area contributed by atoms with Gasteiger partial charge in [-0.15, -0.1) is 0 Å². The van der Waals surface area contributed by atoms with E-state index in [9.17, 15) is 0 Å². The van der Waals surface area contributed by atoms with Crippen molar-refractivity contribution in [2.24, 2.45) is 0 Å². The van der Waals surface area contributed by atoms with E-state index in [0.717, 1.165) is 5.57 Å². The Bertz CT molecular complexity index is 269. The van der Waals surface area contributed by atoms with Crippen LogP contribution in [-0.2, 0) is 4.74 Å². The molecule has 0 fully saturated rings. The molecule has 1 nitrogen and oxygen atoms in total. The standard InChI is InChI=1S/C11H14OS/c1-9(2)11(12-3)13-10-7-5-4-6-8-10/h4-8,11H,1H2,2-3H3. The topological polar surface area (TPSA) is 9.23 Å². The number of methoxy groups -OCH3 is 1. The SMILES string of the molecule is C=C(C)C(OC)Sc1ccccc1. The van der Waals surface area contributed by atoms with Crippen LogP contribution in [0.3, 0.4) is 0 Å². The van der Waals surface area contributed by atoms with Crippen LogP contribution in [0.25, 0.3) is 0 Å². The van der Waals surface area contributed by atoms with Gasteiger partial charge in [0.15, 0.2) is 0 Å². The van der Waals surface area contributed by atoms with Crippen molar-refractivity contribution >= 4 is 11.8 Å². The fraction of sp³-hybridized carbons (Fsp3) is 0.273. The van der Waals surface area contributed by atoms with Crippen molar-refractivity contribution < 1.29 is 4.74 Å². The summed E-state index contributed by atoms with van der Waals surface area (Å²) in [5.74, 6) is 0. The molecule has 0 bridgehead atoms. The number of thioether (sulfide) groups is 1. The highest BCUT2D eigenvalue weighted by Crippen LogP contribution is 2.26. The molecule has 1 unspecified atom stereocenters. The summed E-state index contributed by atoms with van der Waals surface area (Å²) < 4.78 is 5.28. The monoisotopic (exact) mass is 194 g/mol. The highest BCUT2D eigenvalue weighted by Gasteiger charge is 2.08. The van der Waals surface area contributed by atoms with E-state index in [0.29, 0.717) is 0 Å². The number of hydrogen-bond donors (Lipinski definition) is 0. The molecule has 0 radical (unpaired) electrons. The molecule has 0 heterocycles. The van der Waals surface area contributed by atoms with E-state index < -0.39 is 0 Å². The van der Waals surface area contributed by atoms with E-state index >= 15 is 0 Å². The van der Waals surface area contributed by atoms with E-state index in [1.54, 1.807) is 18.9 Å². The van der Waals surface area contributed by atoms with Crippen LogP contribution in [0.5, 0.6) is 0 Å². The first-order valence-corrected chi connectivity index (χ1v) is 5.02. The van der Waals surface area contributed by atoms with Gasteiger partial charge in [0.1, 0.15) is 5.44 Å². The minimum absolute atomic E-state index is 0.0578. The summed E-state index contributed by atoms with van der Waals surface area (Å²) in [4.78, 5) is 1.21. The maximum Gasteiger partial charge on any atom is 0.127 e. The molecule has 0 aliphatic rings. The summed E-state index contributed by atoms with van der Waals surface area (Å²) in [5.41, 5.74) is 1.10. The second-order valence-corrected chi connectivity index (χ2v) is 3.98. The van der Waals surface area contributed by atoms with Crippen molar-refractivity contribution in [3.63, 3.8) is 0 Å². The van der Waals surface area contributed by atoms with E-state index in [2.05, 4.69) is 18.7 Å². The molecule has 13 heavy (non-hydrogen) atoms. The highest BCUT2D eigenvalue weighted by molar-refractivity contribution is 8.00. The van der Waals surface area contributed by atoms with Crippen LogP contribution in [-0.4, -0.2) is 12.5 Å². The van der Waals surface area contributed by atoms with Crippen molar-refractivity contribution in [3.8, 4) is 0 Å². The summed E-state index contributed by atoms with van der Waals surface area (Å²) in [6.07, 6.45) is 0. The maximum atomic E-state index is 5.28. The predicted octanol–water partition coefficient (Wildman–Crippen LogP) is 3.33. The number of hydrogen-bond acceptors (Lipinski definition) is 2. The molecule has 1 aromatic carbocycles. The average Bonchev–Trinajstić information content (AvgIpc) is 2.15. The van der Waals surface area contributed by atoms with Gasteiger partial charge in [-0.05, 0) is 24.6 Å². The quantitative estimate of drug-likeness (QED) is 0.413. The first kappa shape index (κ1) is 10.4. The smallest absolute Gasteiger partial charge is 0.127 e. The van der Waals surface area contributed by atoms with Gasteiger partial charge in [0.25, 0.3) is 0 Å². The molecule has 0 N–H and O–H groups in total.